The smallest absolute Gasteiger partial charge is 0.232 e. The largest absolute Gasteiger partial charge is 0.343 e. The van der Waals surface area contributed by atoms with Crippen LogP contribution in [0, 0.1) is 11.3 Å². The molecule has 0 aromatic heterocycles. The summed E-state index contributed by atoms with van der Waals surface area (Å²) >= 11 is 1.66. The van der Waals surface area contributed by atoms with Crippen molar-refractivity contribution in [2.24, 2.45) is 5.73 Å². The van der Waals surface area contributed by atoms with Crippen LogP contribution in [-0.4, -0.2) is 40.9 Å². The minimum atomic E-state index is -0.707. The number of hydrogen-bond acceptors (Lipinski definition) is 4. The highest BCUT2D eigenvalue weighted by atomic mass is 32.2. The Kier molecular flexibility index (Phi) is 8.86. The monoisotopic (exact) mass is 271 g/mol. The number of amides is 1. The minimum Gasteiger partial charge on any atom is -0.343 e. The number of carbonyl (C=O) groups is 1. The number of nitrogens with zero attached hydrogens (tertiary/aromatic N) is 2. The van der Waals surface area contributed by atoms with Crippen LogP contribution in [0.3, 0.4) is 0 Å². The number of rotatable bonds is 9. The third kappa shape index (κ3) is 7.57. The van der Waals surface area contributed by atoms with Crippen molar-refractivity contribution in [3.63, 3.8) is 0 Å². The zero-order chi connectivity index (χ0) is 14.0. The zero-order valence-electron chi connectivity index (χ0n) is 11.7. The van der Waals surface area contributed by atoms with Crippen LogP contribution < -0.4 is 5.73 Å². The van der Waals surface area contributed by atoms with Crippen LogP contribution in [0.4, 0.5) is 0 Å². The first kappa shape index (κ1) is 17.3. The SMILES string of the molecule is CCN(CC)C(=O)CSCCCCC(C)(N)C#N. The average molecular weight is 271 g/mol. The molecule has 0 aromatic carbocycles. The number of nitriles is 1. The third-order valence-corrected chi connectivity index (χ3v) is 3.86. The van der Waals surface area contributed by atoms with E-state index >= 15 is 0 Å². The van der Waals surface area contributed by atoms with Crippen LogP contribution in [-0.2, 0) is 4.79 Å². The first-order valence-electron chi connectivity index (χ1n) is 6.52. The maximum Gasteiger partial charge on any atom is 0.232 e. The molecule has 1 amide bonds. The Balaban J connectivity index is 3.58. The molecule has 0 saturated carbocycles. The van der Waals surface area contributed by atoms with Crippen LogP contribution in [0.25, 0.3) is 0 Å². The van der Waals surface area contributed by atoms with Crippen LogP contribution in [0.15, 0.2) is 0 Å². The van der Waals surface area contributed by atoms with Crippen molar-refractivity contribution >= 4 is 17.7 Å². The number of unbranched alkanes of at least 4 members (excludes halogenated alkanes) is 1. The van der Waals surface area contributed by atoms with Gasteiger partial charge in [0.1, 0.15) is 5.54 Å². The van der Waals surface area contributed by atoms with E-state index in [0.29, 0.717) is 12.2 Å². The van der Waals surface area contributed by atoms with Gasteiger partial charge in [0.15, 0.2) is 0 Å². The van der Waals surface area contributed by atoms with Crippen LogP contribution in [0.2, 0.25) is 0 Å². The molecule has 0 spiro atoms. The lowest BCUT2D eigenvalue weighted by molar-refractivity contribution is -0.127. The van der Waals surface area contributed by atoms with Gasteiger partial charge in [-0.15, -0.1) is 0 Å². The van der Waals surface area contributed by atoms with Gasteiger partial charge in [0, 0.05) is 13.1 Å². The Morgan fingerprint density at radius 2 is 2.00 bits per heavy atom. The maximum absolute atomic E-state index is 11.7. The molecule has 0 saturated heterocycles. The van der Waals surface area contributed by atoms with E-state index in [0.717, 1.165) is 31.7 Å². The molecule has 5 heteroatoms. The summed E-state index contributed by atoms with van der Waals surface area (Å²) in [6, 6.07) is 2.09. The molecule has 0 bridgehead atoms. The second-order valence-corrected chi connectivity index (χ2v) is 5.71. The fraction of sp³-hybridized carbons (Fsp3) is 0.846. The first-order valence-corrected chi connectivity index (χ1v) is 7.68. The van der Waals surface area contributed by atoms with Crippen molar-refractivity contribution in [1.82, 2.24) is 4.90 Å². The molecule has 1 unspecified atom stereocenters. The molecule has 0 fully saturated rings. The number of nitrogens with two attached hydrogens (primary N) is 1. The van der Waals surface area contributed by atoms with Gasteiger partial charge in [0.2, 0.25) is 5.91 Å². The molecule has 0 radical (unpaired) electrons. The van der Waals surface area contributed by atoms with Gasteiger partial charge < -0.3 is 10.6 Å². The molecular weight excluding hydrogens is 246 g/mol. The molecule has 0 rings (SSSR count). The Hall–Kier alpha value is -0.730. The zero-order valence-corrected chi connectivity index (χ0v) is 12.6. The van der Waals surface area contributed by atoms with Gasteiger partial charge in [0.05, 0.1) is 11.8 Å². The van der Waals surface area contributed by atoms with Crippen molar-refractivity contribution < 1.29 is 4.79 Å². The standard InChI is InChI=1S/C13H25N3OS/c1-4-16(5-2)12(17)10-18-9-7-6-8-13(3,15)11-14/h4-10,15H2,1-3H3. The average Bonchev–Trinajstić information content (AvgIpc) is 2.35. The molecule has 0 aromatic rings. The lowest BCUT2D eigenvalue weighted by Crippen LogP contribution is -2.33. The van der Waals surface area contributed by atoms with Gasteiger partial charge in [-0.05, 0) is 45.8 Å². The summed E-state index contributed by atoms with van der Waals surface area (Å²) < 4.78 is 0. The van der Waals surface area contributed by atoms with Gasteiger partial charge in [-0.3, -0.25) is 4.79 Å². The number of carbonyl (C=O) groups excluding carboxylic acids is 1. The normalized spacial score (nSPS) is 13.7. The summed E-state index contributed by atoms with van der Waals surface area (Å²) in [7, 11) is 0. The quantitative estimate of drug-likeness (QED) is 0.651. The van der Waals surface area contributed by atoms with Crippen molar-refractivity contribution in [2.45, 2.75) is 45.6 Å². The van der Waals surface area contributed by atoms with Gasteiger partial charge in [-0.1, -0.05) is 0 Å². The van der Waals surface area contributed by atoms with E-state index < -0.39 is 5.54 Å². The molecule has 2 N–H and O–H groups in total. The minimum absolute atomic E-state index is 0.214. The highest BCUT2D eigenvalue weighted by molar-refractivity contribution is 7.99. The molecule has 4 nitrogen and oxygen atoms in total. The summed E-state index contributed by atoms with van der Waals surface area (Å²) in [6.07, 6.45) is 2.66. The summed E-state index contributed by atoms with van der Waals surface area (Å²) in [5, 5.41) is 8.75. The third-order valence-electron chi connectivity index (χ3n) is 2.83. The Labute approximate surface area is 115 Å². The van der Waals surface area contributed by atoms with E-state index in [2.05, 4.69) is 6.07 Å². The Morgan fingerprint density at radius 1 is 1.39 bits per heavy atom. The second kappa shape index (κ2) is 9.23. The van der Waals surface area contributed by atoms with Crippen LogP contribution >= 0.6 is 11.8 Å². The Bertz CT molecular complexity index is 282. The van der Waals surface area contributed by atoms with Crippen molar-refractivity contribution in [1.29, 1.82) is 5.26 Å². The maximum atomic E-state index is 11.7. The van der Waals surface area contributed by atoms with Crippen LogP contribution in [0.5, 0.6) is 0 Å². The second-order valence-electron chi connectivity index (χ2n) is 4.60. The lowest BCUT2D eigenvalue weighted by atomic mass is 9.99. The van der Waals surface area contributed by atoms with Gasteiger partial charge in [0.25, 0.3) is 0 Å². The summed E-state index contributed by atoms with van der Waals surface area (Å²) in [4.78, 5) is 13.5. The van der Waals surface area contributed by atoms with E-state index in [1.54, 1.807) is 18.7 Å². The van der Waals surface area contributed by atoms with E-state index in [4.69, 9.17) is 11.0 Å². The van der Waals surface area contributed by atoms with Crippen molar-refractivity contribution in [3.8, 4) is 6.07 Å². The fourth-order valence-electron chi connectivity index (χ4n) is 1.58. The highest BCUT2D eigenvalue weighted by Gasteiger charge is 2.16. The molecule has 1 atom stereocenters. The Morgan fingerprint density at radius 3 is 2.50 bits per heavy atom. The molecule has 0 heterocycles. The van der Waals surface area contributed by atoms with E-state index in [1.165, 1.54) is 0 Å². The summed E-state index contributed by atoms with van der Waals surface area (Å²) in [5.74, 6) is 1.72. The molecule has 0 aliphatic heterocycles. The molecule has 0 aliphatic carbocycles. The summed E-state index contributed by atoms with van der Waals surface area (Å²) in [5.41, 5.74) is 5.02. The molecule has 18 heavy (non-hydrogen) atoms. The topological polar surface area (TPSA) is 70.1 Å². The van der Waals surface area contributed by atoms with E-state index in [-0.39, 0.29) is 5.91 Å². The van der Waals surface area contributed by atoms with Gasteiger partial charge in [-0.2, -0.15) is 17.0 Å². The van der Waals surface area contributed by atoms with Crippen LogP contribution in [0.1, 0.15) is 40.0 Å². The first-order chi connectivity index (χ1) is 8.46. The van der Waals surface area contributed by atoms with Crippen molar-refractivity contribution in [3.05, 3.63) is 0 Å². The molecular formula is C13H25N3OS. The lowest BCUT2D eigenvalue weighted by Gasteiger charge is -2.18. The summed E-state index contributed by atoms with van der Waals surface area (Å²) in [6.45, 7) is 7.31. The van der Waals surface area contributed by atoms with Crippen molar-refractivity contribution in [2.75, 3.05) is 24.6 Å². The molecule has 0 aliphatic rings. The fourth-order valence-corrected chi connectivity index (χ4v) is 2.49. The highest BCUT2D eigenvalue weighted by Crippen LogP contribution is 2.12. The predicted octanol–water partition coefficient (Wildman–Crippen LogP) is 2.00. The molecule has 104 valence electrons. The van der Waals surface area contributed by atoms with E-state index in [9.17, 15) is 4.79 Å². The van der Waals surface area contributed by atoms with E-state index in [1.807, 2.05) is 18.7 Å². The predicted molar refractivity (Wildman–Crippen MR) is 77.3 cm³/mol. The van der Waals surface area contributed by atoms with Gasteiger partial charge >= 0.3 is 0 Å². The number of thioether (sulfide) groups is 1. The number of hydrogen-bond donors (Lipinski definition) is 1. The van der Waals surface area contributed by atoms with Gasteiger partial charge in [-0.25, -0.2) is 0 Å².